The molecule has 3 nitrogen and oxygen atoms in total. The molecule has 2 atom stereocenters. The monoisotopic (exact) mass is 275 g/mol. The first kappa shape index (κ1) is 14.1. The Morgan fingerprint density at radius 1 is 1.20 bits per heavy atom. The van der Waals surface area contributed by atoms with E-state index >= 15 is 0 Å². The molecule has 0 spiro atoms. The van der Waals surface area contributed by atoms with Gasteiger partial charge in [0.15, 0.2) is 0 Å². The fourth-order valence-corrected chi connectivity index (χ4v) is 3.22. The van der Waals surface area contributed by atoms with Crippen molar-refractivity contribution >= 4 is 0 Å². The van der Waals surface area contributed by atoms with Crippen molar-refractivity contribution in [1.29, 1.82) is 0 Å². The van der Waals surface area contributed by atoms with Gasteiger partial charge in [-0.25, -0.2) is 0 Å². The number of ether oxygens (including phenoxy) is 2. The van der Waals surface area contributed by atoms with E-state index in [4.69, 9.17) is 9.47 Å². The molecule has 1 aromatic rings. The Morgan fingerprint density at radius 3 is 3.05 bits per heavy atom. The first-order valence-electron chi connectivity index (χ1n) is 7.95. The maximum absolute atomic E-state index is 6.07. The van der Waals surface area contributed by atoms with Crippen LogP contribution in [0.4, 0.5) is 0 Å². The van der Waals surface area contributed by atoms with Crippen molar-refractivity contribution in [2.45, 2.75) is 44.3 Å². The fourth-order valence-electron chi connectivity index (χ4n) is 3.22. The lowest BCUT2D eigenvalue weighted by molar-refractivity contribution is 0.0403. The van der Waals surface area contributed by atoms with E-state index < -0.39 is 0 Å². The molecule has 1 aromatic carbocycles. The quantitative estimate of drug-likeness (QED) is 0.810. The van der Waals surface area contributed by atoms with Gasteiger partial charge in [-0.3, -0.25) is 0 Å². The highest BCUT2D eigenvalue weighted by Gasteiger charge is 2.20. The van der Waals surface area contributed by atoms with Crippen molar-refractivity contribution in [1.82, 2.24) is 5.32 Å². The van der Waals surface area contributed by atoms with Gasteiger partial charge in [0.1, 0.15) is 0 Å². The van der Waals surface area contributed by atoms with Gasteiger partial charge in [0.25, 0.3) is 0 Å². The summed E-state index contributed by atoms with van der Waals surface area (Å²) in [5.74, 6) is 0. The molecule has 0 radical (unpaired) electrons. The number of nitrogens with one attached hydrogen (secondary N) is 1. The molecule has 1 aliphatic heterocycles. The van der Waals surface area contributed by atoms with Gasteiger partial charge in [-0.15, -0.1) is 0 Å². The van der Waals surface area contributed by atoms with Gasteiger partial charge in [-0.1, -0.05) is 24.3 Å². The Bertz CT molecular complexity index is 415. The summed E-state index contributed by atoms with van der Waals surface area (Å²) in [6.45, 7) is 3.59. The van der Waals surface area contributed by atoms with Crippen LogP contribution in [0, 0.1) is 0 Å². The summed E-state index contributed by atoms with van der Waals surface area (Å²) in [4.78, 5) is 0. The van der Waals surface area contributed by atoms with Gasteiger partial charge in [0.2, 0.25) is 0 Å². The molecule has 2 unspecified atom stereocenters. The molecular formula is C17H25NO2. The van der Waals surface area contributed by atoms with Crippen LogP contribution < -0.4 is 5.32 Å². The summed E-state index contributed by atoms with van der Waals surface area (Å²) < 4.78 is 11.7. The van der Waals surface area contributed by atoms with Crippen molar-refractivity contribution in [3.05, 3.63) is 35.4 Å². The minimum Gasteiger partial charge on any atom is -0.377 e. The average molecular weight is 275 g/mol. The van der Waals surface area contributed by atoms with Crippen molar-refractivity contribution in [3.8, 4) is 0 Å². The van der Waals surface area contributed by atoms with Crippen molar-refractivity contribution in [2.75, 3.05) is 26.3 Å². The highest BCUT2D eigenvalue weighted by molar-refractivity contribution is 5.31. The van der Waals surface area contributed by atoms with Crippen LogP contribution >= 0.6 is 0 Å². The predicted molar refractivity (Wildman–Crippen MR) is 79.9 cm³/mol. The first-order valence-corrected chi connectivity index (χ1v) is 7.95. The topological polar surface area (TPSA) is 30.5 Å². The second kappa shape index (κ2) is 7.21. The molecule has 0 bridgehead atoms. The van der Waals surface area contributed by atoms with Crippen LogP contribution in [-0.2, 0) is 15.9 Å². The summed E-state index contributed by atoms with van der Waals surface area (Å²) in [6, 6.07) is 8.71. The summed E-state index contributed by atoms with van der Waals surface area (Å²) >= 11 is 0. The maximum Gasteiger partial charge on any atom is 0.0828 e. The van der Waals surface area contributed by atoms with Gasteiger partial charge in [-0.05, 0) is 43.2 Å². The van der Waals surface area contributed by atoms with E-state index in [0.717, 1.165) is 32.7 Å². The maximum atomic E-state index is 6.07. The Morgan fingerprint density at radius 2 is 2.15 bits per heavy atom. The van der Waals surface area contributed by atoms with Crippen LogP contribution in [-0.4, -0.2) is 32.4 Å². The van der Waals surface area contributed by atoms with Gasteiger partial charge in [0.05, 0.1) is 18.8 Å². The number of benzene rings is 1. The molecule has 2 aliphatic rings. The van der Waals surface area contributed by atoms with Gasteiger partial charge in [-0.2, -0.15) is 0 Å². The number of hydrogen-bond donors (Lipinski definition) is 1. The summed E-state index contributed by atoms with van der Waals surface area (Å²) in [6.07, 6.45) is 6.72. The largest absolute Gasteiger partial charge is 0.377 e. The molecule has 0 aromatic heterocycles. The zero-order valence-electron chi connectivity index (χ0n) is 12.1. The normalized spacial score (nSPS) is 25.6. The van der Waals surface area contributed by atoms with E-state index in [1.165, 1.54) is 36.8 Å². The third-order valence-corrected chi connectivity index (χ3v) is 4.31. The van der Waals surface area contributed by atoms with Crippen molar-refractivity contribution in [3.63, 3.8) is 0 Å². The zero-order chi connectivity index (χ0) is 13.6. The average Bonchev–Trinajstić information content (AvgIpc) is 3.00. The fraction of sp³-hybridized carbons (Fsp3) is 0.647. The van der Waals surface area contributed by atoms with Crippen molar-refractivity contribution < 1.29 is 9.47 Å². The van der Waals surface area contributed by atoms with Crippen molar-refractivity contribution in [2.24, 2.45) is 0 Å². The van der Waals surface area contributed by atoms with E-state index in [9.17, 15) is 0 Å². The van der Waals surface area contributed by atoms with Crippen LogP contribution in [0.5, 0.6) is 0 Å². The first-order chi connectivity index (χ1) is 9.93. The van der Waals surface area contributed by atoms with Crippen LogP contribution in [0.25, 0.3) is 0 Å². The SMILES string of the molecule is c1ccc2c(c1)CCCC2OCCNCC1CCCO1. The molecule has 0 saturated carbocycles. The summed E-state index contributed by atoms with van der Waals surface area (Å²) in [7, 11) is 0. The number of rotatable bonds is 6. The third kappa shape index (κ3) is 3.60. The van der Waals surface area contributed by atoms with Crippen LogP contribution in [0.2, 0.25) is 0 Å². The van der Waals surface area contributed by atoms with Crippen LogP contribution in [0.3, 0.4) is 0 Å². The molecule has 3 rings (SSSR count). The molecule has 1 fully saturated rings. The number of fused-ring (bicyclic) bond motifs is 1. The van der Waals surface area contributed by atoms with E-state index in [1.807, 2.05) is 0 Å². The molecule has 1 heterocycles. The third-order valence-electron chi connectivity index (χ3n) is 4.31. The zero-order valence-corrected chi connectivity index (χ0v) is 12.1. The molecular weight excluding hydrogens is 250 g/mol. The van der Waals surface area contributed by atoms with Gasteiger partial charge < -0.3 is 14.8 Å². The second-order valence-electron chi connectivity index (χ2n) is 5.79. The van der Waals surface area contributed by atoms with E-state index in [2.05, 4.69) is 29.6 Å². The van der Waals surface area contributed by atoms with E-state index in [-0.39, 0.29) is 0 Å². The molecule has 1 aliphatic carbocycles. The predicted octanol–water partition coefficient (Wildman–Crippen LogP) is 2.85. The molecule has 1 N–H and O–H groups in total. The smallest absolute Gasteiger partial charge is 0.0828 e. The van der Waals surface area contributed by atoms with Crippen LogP contribution in [0.1, 0.15) is 42.9 Å². The lowest BCUT2D eigenvalue weighted by Gasteiger charge is -2.25. The highest BCUT2D eigenvalue weighted by atomic mass is 16.5. The van der Waals surface area contributed by atoms with E-state index in [0.29, 0.717) is 12.2 Å². The lowest BCUT2D eigenvalue weighted by Crippen LogP contribution is -2.29. The summed E-state index contributed by atoms with van der Waals surface area (Å²) in [5.41, 5.74) is 2.87. The molecule has 110 valence electrons. The molecule has 0 amide bonds. The molecule has 20 heavy (non-hydrogen) atoms. The standard InChI is InChI=1S/C17H25NO2/c1-2-8-16-14(5-1)6-3-9-17(16)20-12-10-18-13-15-7-4-11-19-15/h1-2,5,8,15,17-18H,3-4,6-7,9-13H2. The molecule has 3 heteroatoms. The van der Waals surface area contributed by atoms with Crippen LogP contribution in [0.15, 0.2) is 24.3 Å². The Hall–Kier alpha value is -0.900. The number of hydrogen-bond acceptors (Lipinski definition) is 3. The summed E-state index contributed by atoms with van der Waals surface area (Å²) in [5, 5.41) is 3.44. The minimum atomic E-state index is 0.296. The molecule has 1 saturated heterocycles. The minimum absolute atomic E-state index is 0.296. The Labute approximate surface area is 121 Å². The second-order valence-corrected chi connectivity index (χ2v) is 5.79. The highest BCUT2D eigenvalue weighted by Crippen LogP contribution is 2.31. The Balaban J connectivity index is 1.38. The lowest BCUT2D eigenvalue weighted by atomic mass is 9.89. The van der Waals surface area contributed by atoms with Gasteiger partial charge >= 0.3 is 0 Å². The van der Waals surface area contributed by atoms with Gasteiger partial charge in [0, 0.05) is 19.7 Å². The Kier molecular flexibility index (Phi) is 5.06. The number of aryl methyl sites for hydroxylation is 1. The van der Waals surface area contributed by atoms with E-state index in [1.54, 1.807) is 0 Å².